The van der Waals surface area contributed by atoms with Gasteiger partial charge >= 0.3 is 0 Å². The Labute approximate surface area is 157 Å². The van der Waals surface area contributed by atoms with Crippen molar-refractivity contribution in [3.63, 3.8) is 0 Å². The molecule has 23 heavy (non-hydrogen) atoms. The maximum Gasteiger partial charge on any atom is 0.191 e. The third-order valence-electron chi connectivity index (χ3n) is 3.16. The first-order valence-electron chi connectivity index (χ1n) is 7.28. The molecule has 1 aromatic heterocycles. The minimum Gasteiger partial charge on any atom is -0.357 e. The van der Waals surface area contributed by atoms with Crippen molar-refractivity contribution in [2.45, 2.75) is 33.9 Å². The van der Waals surface area contributed by atoms with Gasteiger partial charge in [0.2, 0.25) is 0 Å². The Morgan fingerprint density at radius 3 is 2.48 bits per heavy atom. The van der Waals surface area contributed by atoms with Crippen molar-refractivity contribution in [2.24, 2.45) is 4.99 Å². The van der Waals surface area contributed by atoms with Gasteiger partial charge in [0.25, 0.3) is 0 Å². The van der Waals surface area contributed by atoms with Gasteiger partial charge in [-0.3, -0.25) is 0 Å². The van der Waals surface area contributed by atoms with E-state index in [0.717, 1.165) is 28.8 Å². The van der Waals surface area contributed by atoms with Crippen LogP contribution in [0.2, 0.25) is 0 Å². The molecule has 2 rings (SSSR count). The fourth-order valence-electron chi connectivity index (χ4n) is 1.88. The van der Waals surface area contributed by atoms with E-state index in [1.807, 2.05) is 13.8 Å². The summed E-state index contributed by atoms with van der Waals surface area (Å²) in [5.41, 5.74) is 2.05. The van der Waals surface area contributed by atoms with Gasteiger partial charge in [-0.2, -0.15) is 0 Å². The highest BCUT2D eigenvalue weighted by Crippen LogP contribution is 2.15. The highest BCUT2D eigenvalue weighted by Gasteiger charge is 2.04. The van der Waals surface area contributed by atoms with Crippen LogP contribution in [0.1, 0.15) is 28.1 Å². The highest BCUT2D eigenvalue weighted by atomic mass is 127. The van der Waals surface area contributed by atoms with Crippen LogP contribution in [-0.4, -0.2) is 17.5 Å². The summed E-state index contributed by atoms with van der Waals surface area (Å²) in [7, 11) is 0. The number of benzene rings is 1. The van der Waals surface area contributed by atoms with E-state index in [4.69, 9.17) is 0 Å². The third kappa shape index (κ3) is 6.42. The summed E-state index contributed by atoms with van der Waals surface area (Å²) in [5, 5.41) is 7.51. The zero-order chi connectivity index (χ0) is 15.9. The van der Waals surface area contributed by atoms with Gasteiger partial charge < -0.3 is 10.6 Å². The minimum atomic E-state index is -0.229. The summed E-state index contributed by atoms with van der Waals surface area (Å²) in [4.78, 5) is 10.2. The summed E-state index contributed by atoms with van der Waals surface area (Å²) >= 11 is 1.69. The van der Waals surface area contributed by atoms with Gasteiger partial charge in [-0.05, 0) is 38.5 Å². The van der Waals surface area contributed by atoms with Crippen LogP contribution < -0.4 is 10.6 Å². The van der Waals surface area contributed by atoms with Crippen LogP contribution in [0.15, 0.2) is 29.3 Å². The second-order valence-corrected chi connectivity index (χ2v) is 6.21. The van der Waals surface area contributed by atoms with E-state index < -0.39 is 0 Å². The van der Waals surface area contributed by atoms with Gasteiger partial charge in [0.15, 0.2) is 5.96 Å². The molecule has 0 atom stereocenters. The Morgan fingerprint density at radius 1 is 1.22 bits per heavy atom. The molecule has 4 nitrogen and oxygen atoms in total. The molecular formula is C16H22FIN4S. The standard InChI is InChI=1S/C16H21FN4S.HI/c1-4-18-16(19-9-13-5-7-14(17)8-6-13)20-10-15-21-11(2)12(3)22-15;/h5-8H,4,9-10H2,1-3H3,(H2,18,19,20);1H. The summed E-state index contributed by atoms with van der Waals surface area (Å²) in [5.74, 6) is 0.504. The molecule has 1 aromatic carbocycles. The first-order chi connectivity index (χ1) is 10.6. The number of aryl methyl sites for hydroxylation is 2. The minimum absolute atomic E-state index is 0. The van der Waals surface area contributed by atoms with Crippen LogP contribution in [0.25, 0.3) is 0 Å². The van der Waals surface area contributed by atoms with Crippen LogP contribution in [0.3, 0.4) is 0 Å². The van der Waals surface area contributed by atoms with E-state index in [1.54, 1.807) is 23.5 Å². The third-order valence-corrected chi connectivity index (χ3v) is 4.23. The predicted octanol–water partition coefficient (Wildman–Crippen LogP) is 3.77. The highest BCUT2D eigenvalue weighted by molar-refractivity contribution is 14.0. The predicted molar refractivity (Wildman–Crippen MR) is 105 cm³/mol. The van der Waals surface area contributed by atoms with Crippen molar-refractivity contribution in [2.75, 3.05) is 6.54 Å². The fraction of sp³-hybridized carbons (Fsp3) is 0.375. The topological polar surface area (TPSA) is 49.3 Å². The molecule has 0 fully saturated rings. The SMILES string of the molecule is CCNC(=NCc1ccc(F)cc1)NCc1nc(C)c(C)s1.I. The molecule has 126 valence electrons. The van der Waals surface area contributed by atoms with Gasteiger partial charge in [-0.1, -0.05) is 12.1 Å². The monoisotopic (exact) mass is 448 g/mol. The molecule has 0 radical (unpaired) electrons. The number of guanidine groups is 1. The van der Waals surface area contributed by atoms with Crippen LogP contribution in [-0.2, 0) is 13.1 Å². The first kappa shape index (κ1) is 19.8. The zero-order valence-electron chi connectivity index (χ0n) is 13.5. The molecule has 2 N–H and O–H groups in total. The van der Waals surface area contributed by atoms with E-state index in [0.29, 0.717) is 13.1 Å². The molecule has 0 aliphatic heterocycles. The van der Waals surface area contributed by atoms with Gasteiger partial charge in [-0.15, -0.1) is 35.3 Å². The molecule has 0 amide bonds. The molecular weight excluding hydrogens is 426 g/mol. The zero-order valence-corrected chi connectivity index (χ0v) is 16.7. The van der Waals surface area contributed by atoms with E-state index >= 15 is 0 Å². The molecule has 0 bridgehead atoms. The summed E-state index contributed by atoms with van der Waals surface area (Å²) in [6, 6.07) is 6.39. The second kappa shape index (κ2) is 9.82. The van der Waals surface area contributed by atoms with Crippen molar-refractivity contribution in [1.82, 2.24) is 15.6 Å². The van der Waals surface area contributed by atoms with E-state index in [9.17, 15) is 4.39 Å². The normalized spacial score (nSPS) is 11.0. The lowest BCUT2D eigenvalue weighted by Crippen LogP contribution is -2.36. The molecule has 0 aliphatic rings. The number of halogens is 2. The van der Waals surface area contributed by atoms with Crippen LogP contribution >= 0.6 is 35.3 Å². The smallest absolute Gasteiger partial charge is 0.191 e. The average molecular weight is 448 g/mol. The largest absolute Gasteiger partial charge is 0.357 e. The number of hydrogen-bond acceptors (Lipinski definition) is 3. The Morgan fingerprint density at radius 2 is 1.91 bits per heavy atom. The molecule has 2 aromatic rings. The summed E-state index contributed by atoms with van der Waals surface area (Å²) in [6.45, 7) is 8.05. The summed E-state index contributed by atoms with van der Waals surface area (Å²) in [6.07, 6.45) is 0. The number of hydrogen-bond donors (Lipinski definition) is 2. The van der Waals surface area contributed by atoms with Gasteiger partial charge in [0.1, 0.15) is 10.8 Å². The number of rotatable bonds is 5. The van der Waals surface area contributed by atoms with E-state index in [-0.39, 0.29) is 29.8 Å². The molecule has 7 heteroatoms. The van der Waals surface area contributed by atoms with E-state index in [1.165, 1.54) is 17.0 Å². The lowest BCUT2D eigenvalue weighted by Gasteiger charge is -2.10. The van der Waals surface area contributed by atoms with Crippen molar-refractivity contribution in [3.8, 4) is 0 Å². The Kier molecular flexibility index (Phi) is 8.46. The van der Waals surface area contributed by atoms with Gasteiger partial charge in [-0.25, -0.2) is 14.4 Å². The fourth-order valence-corrected chi connectivity index (χ4v) is 2.75. The van der Waals surface area contributed by atoms with Crippen LogP contribution in [0.4, 0.5) is 4.39 Å². The molecule has 1 heterocycles. The molecule has 0 spiro atoms. The molecule has 0 unspecified atom stereocenters. The van der Waals surface area contributed by atoms with Crippen molar-refractivity contribution in [1.29, 1.82) is 0 Å². The van der Waals surface area contributed by atoms with Gasteiger partial charge in [0, 0.05) is 11.4 Å². The summed E-state index contributed by atoms with van der Waals surface area (Å²) < 4.78 is 12.9. The van der Waals surface area contributed by atoms with Crippen LogP contribution in [0.5, 0.6) is 0 Å². The number of aliphatic imine (C=N–C) groups is 1. The van der Waals surface area contributed by atoms with E-state index in [2.05, 4.69) is 27.5 Å². The lowest BCUT2D eigenvalue weighted by molar-refractivity contribution is 0.627. The second-order valence-electron chi connectivity index (χ2n) is 4.92. The number of thiazole rings is 1. The molecule has 0 aliphatic carbocycles. The van der Waals surface area contributed by atoms with Crippen molar-refractivity contribution >= 4 is 41.3 Å². The van der Waals surface area contributed by atoms with Crippen LogP contribution in [0, 0.1) is 19.7 Å². The lowest BCUT2D eigenvalue weighted by atomic mass is 10.2. The van der Waals surface area contributed by atoms with Crippen molar-refractivity contribution in [3.05, 3.63) is 51.2 Å². The first-order valence-corrected chi connectivity index (χ1v) is 8.09. The molecule has 0 saturated carbocycles. The Balaban J connectivity index is 0.00000264. The van der Waals surface area contributed by atoms with Crippen molar-refractivity contribution < 1.29 is 4.39 Å². The molecule has 0 saturated heterocycles. The quantitative estimate of drug-likeness (QED) is 0.416. The number of nitrogens with zero attached hydrogens (tertiary/aromatic N) is 2. The average Bonchev–Trinajstić information content (AvgIpc) is 2.82. The number of aromatic nitrogens is 1. The maximum atomic E-state index is 12.9. The number of nitrogens with one attached hydrogen (secondary N) is 2. The maximum absolute atomic E-state index is 12.9. The Hall–Kier alpha value is -1.22. The Bertz CT molecular complexity index is 621. The van der Waals surface area contributed by atoms with Gasteiger partial charge in [0.05, 0.1) is 18.8 Å².